The van der Waals surface area contributed by atoms with Crippen molar-refractivity contribution in [3.05, 3.63) is 34.4 Å². The van der Waals surface area contributed by atoms with Crippen molar-refractivity contribution in [2.24, 2.45) is 0 Å². The Morgan fingerprint density at radius 1 is 1.22 bits per heavy atom. The fourth-order valence-corrected chi connectivity index (χ4v) is 2.24. The third kappa shape index (κ3) is 3.11. The highest BCUT2D eigenvalue weighted by Gasteiger charge is 2.23. The molecule has 0 aliphatic rings. The van der Waals surface area contributed by atoms with Crippen molar-refractivity contribution in [1.29, 1.82) is 5.26 Å². The van der Waals surface area contributed by atoms with E-state index in [1.807, 2.05) is 6.92 Å². The van der Waals surface area contributed by atoms with Crippen LogP contribution >= 0.6 is 0 Å². The second-order valence-electron chi connectivity index (χ2n) is 5.80. The molecular weight excluding hydrogens is 220 g/mol. The Bertz CT molecular complexity index is 467. The van der Waals surface area contributed by atoms with Gasteiger partial charge in [0.05, 0.1) is 12.1 Å². The molecule has 1 atom stereocenters. The summed E-state index contributed by atoms with van der Waals surface area (Å²) in [5.41, 5.74) is 5.47. The van der Waals surface area contributed by atoms with Gasteiger partial charge >= 0.3 is 0 Å². The van der Waals surface area contributed by atoms with Crippen LogP contribution in [-0.2, 0) is 5.41 Å². The Hall–Kier alpha value is -1.33. The van der Waals surface area contributed by atoms with Crippen molar-refractivity contribution in [3.63, 3.8) is 0 Å². The van der Waals surface area contributed by atoms with E-state index in [1.54, 1.807) is 0 Å². The van der Waals surface area contributed by atoms with Crippen LogP contribution in [0.25, 0.3) is 0 Å². The van der Waals surface area contributed by atoms with Crippen molar-refractivity contribution in [3.8, 4) is 6.07 Å². The fraction of sp³-hybridized carbons (Fsp3) is 0.562. The minimum absolute atomic E-state index is 0.0354. The van der Waals surface area contributed by atoms with E-state index in [-0.39, 0.29) is 11.5 Å². The predicted octanol–water partition coefficient (Wildman–Crippen LogP) is 3.39. The molecule has 0 saturated carbocycles. The van der Waals surface area contributed by atoms with Gasteiger partial charge in [-0.3, -0.25) is 0 Å². The van der Waals surface area contributed by atoms with E-state index in [2.05, 4.69) is 58.1 Å². The third-order valence-corrected chi connectivity index (χ3v) is 3.83. The van der Waals surface area contributed by atoms with Crippen LogP contribution in [0.2, 0.25) is 0 Å². The van der Waals surface area contributed by atoms with Gasteiger partial charge in [0.2, 0.25) is 0 Å². The Morgan fingerprint density at radius 3 is 2.39 bits per heavy atom. The molecule has 0 spiro atoms. The second-order valence-corrected chi connectivity index (χ2v) is 5.80. The van der Waals surface area contributed by atoms with E-state index in [0.29, 0.717) is 0 Å². The molecule has 0 bridgehead atoms. The standard InChI is InChI=1S/C16H24N2/c1-11-7-8-15(14(4)13(11)3)16(5,6)10-18-12(2)9-17/h7-8,12,18H,10H2,1-6H3. The van der Waals surface area contributed by atoms with Crippen LogP contribution in [0.4, 0.5) is 0 Å². The average Bonchev–Trinajstić information content (AvgIpc) is 2.32. The van der Waals surface area contributed by atoms with Crippen molar-refractivity contribution < 1.29 is 0 Å². The molecular formula is C16H24N2. The number of rotatable bonds is 4. The molecule has 1 N–H and O–H groups in total. The summed E-state index contributed by atoms with van der Waals surface area (Å²) >= 11 is 0. The highest BCUT2D eigenvalue weighted by Crippen LogP contribution is 2.28. The zero-order chi connectivity index (χ0) is 13.9. The Kier molecular flexibility index (Phi) is 4.53. The summed E-state index contributed by atoms with van der Waals surface area (Å²) in [6.07, 6.45) is 0. The number of nitriles is 1. The van der Waals surface area contributed by atoms with Gasteiger partial charge in [0.25, 0.3) is 0 Å². The Morgan fingerprint density at radius 2 is 1.83 bits per heavy atom. The molecule has 0 heterocycles. The van der Waals surface area contributed by atoms with Crippen LogP contribution in [0.3, 0.4) is 0 Å². The number of benzene rings is 1. The summed E-state index contributed by atoms with van der Waals surface area (Å²) in [6.45, 7) is 13.7. The fourth-order valence-electron chi connectivity index (χ4n) is 2.24. The first kappa shape index (κ1) is 14.7. The lowest BCUT2D eigenvalue weighted by Gasteiger charge is -2.29. The van der Waals surface area contributed by atoms with E-state index < -0.39 is 0 Å². The van der Waals surface area contributed by atoms with Crippen molar-refractivity contribution in [2.45, 2.75) is 53.0 Å². The van der Waals surface area contributed by atoms with Crippen molar-refractivity contribution in [2.75, 3.05) is 6.54 Å². The lowest BCUT2D eigenvalue weighted by Crippen LogP contribution is -2.37. The Labute approximate surface area is 111 Å². The summed E-state index contributed by atoms with van der Waals surface area (Å²) in [4.78, 5) is 0. The molecule has 2 heteroatoms. The van der Waals surface area contributed by atoms with Gasteiger partial charge in [0.1, 0.15) is 0 Å². The van der Waals surface area contributed by atoms with E-state index in [0.717, 1.165) is 6.54 Å². The van der Waals surface area contributed by atoms with Gasteiger partial charge < -0.3 is 5.32 Å². The van der Waals surface area contributed by atoms with Gasteiger partial charge in [-0.15, -0.1) is 0 Å². The minimum atomic E-state index is -0.101. The van der Waals surface area contributed by atoms with Crippen LogP contribution in [0.15, 0.2) is 12.1 Å². The first-order chi connectivity index (χ1) is 8.29. The van der Waals surface area contributed by atoms with E-state index >= 15 is 0 Å². The molecule has 0 aliphatic carbocycles. The highest BCUT2D eigenvalue weighted by molar-refractivity contribution is 5.42. The van der Waals surface area contributed by atoms with Crippen LogP contribution < -0.4 is 5.32 Å². The molecule has 0 aliphatic heterocycles. The number of hydrogen-bond donors (Lipinski definition) is 1. The normalized spacial score (nSPS) is 13.2. The zero-order valence-corrected chi connectivity index (χ0v) is 12.4. The van der Waals surface area contributed by atoms with Gasteiger partial charge in [-0.1, -0.05) is 26.0 Å². The molecule has 0 saturated heterocycles. The lowest BCUT2D eigenvalue weighted by atomic mass is 9.80. The maximum atomic E-state index is 8.82. The van der Waals surface area contributed by atoms with Gasteiger partial charge in [0.15, 0.2) is 0 Å². The first-order valence-corrected chi connectivity index (χ1v) is 6.50. The van der Waals surface area contributed by atoms with Crippen LogP contribution in [0.1, 0.15) is 43.0 Å². The highest BCUT2D eigenvalue weighted by atomic mass is 14.9. The molecule has 2 nitrogen and oxygen atoms in total. The van der Waals surface area contributed by atoms with Crippen molar-refractivity contribution in [1.82, 2.24) is 5.32 Å². The number of hydrogen-bond acceptors (Lipinski definition) is 2. The summed E-state index contributed by atoms with van der Waals surface area (Å²) in [5, 5.41) is 12.1. The van der Waals surface area contributed by atoms with E-state index in [4.69, 9.17) is 5.26 Å². The smallest absolute Gasteiger partial charge is 0.0924 e. The molecule has 1 unspecified atom stereocenters. The van der Waals surface area contributed by atoms with Crippen LogP contribution in [0.5, 0.6) is 0 Å². The lowest BCUT2D eigenvalue weighted by molar-refractivity contribution is 0.455. The summed E-state index contributed by atoms with van der Waals surface area (Å²) in [6, 6.07) is 6.52. The minimum Gasteiger partial charge on any atom is -0.301 e. The monoisotopic (exact) mass is 244 g/mol. The van der Waals surface area contributed by atoms with E-state index in [9.17, 15) is 0 Å². The molecule has 0 aromatic heterocycles. The van der Waals surface area contributed by atoms with Crippen LogP contribution in [0, 0.1) is 32.1 Å². The number of nitrogens with one attached hydrogen (secondary N) is 1. The molecule has 1 aromatic carbocycles. The van der Waals surface area contributed by atoms with Gasteiger partial charge in [0, 0.05) is 12.0 Å². The molecule has 0 fully saturated rings. The maximum absolute atomic E-state index is 8.82. The molecule has 98 valence electrons. The number of aryl methyl sites for hydroxylation is 1. The Balaban J connectivity index is 2.99. The molecule has 0 amide bonds. The third-order valence-electron chi connectivity index (χ3n) is 3.83. The predicted molar refractivity (Wildman–Crippen MR) is 76.8 cm³/mol. The molecule has 0 radical (unpaired) electrons. The largest absolute Gasteiger partial charge is 0.301 e. The SMILES string of the molecule is Cc1ccc(C(C)(C)CNC(C)C#N)c(C)c1C. The molecule has 18 heavy (non-hydrogen) atoms. The van der Waals surface area contributed by atoms with Gasteiger partial charge in [-0.05, 0) is 49.9 Å². The van der Waals surface area contributed by atoms with Gasteiger partial charge in [-0.2, -0.15) is 5.26 Å². The summed E-state index contributed by atoms with van der Waals surface area (Å²) in [5.74, 6) is 0. The molecule has 1 aromatic rings. The maximum Gasteiger partial charge on any atom is 0.0924 e. The zero-order valence-electron chi connectivity index (χ0n) is 12.4. The van der Waals surface area contributed by atoms with Crippen LogP contribution in [-0.4, -0.2) is 12.6 Å². The summed E-state index contributed by atoms with van der Waals surface area (Å²) < 4.78 is 0. The second kappa shape index (κ2) is 5.54. The van der Waals surface area contributed by atoms with Crippen molar-refractivity contribution >= 4 is 0 Å². The number of nitrogens with zero attached hydrogens (tertiary/aromatic N) is 1. The van der Waals surface area contributed by atoms with E-state index in [1.165, 1.54) is 22.3 Å². The van der Waals surface area contributed by atoms with Gasteiger partial charge in [-0.25, -0.2) is 0 Å². The topological polar surface area (TPSA) is 35.8 Å². The quantitative estimate of drug-likeness (QED) is 0.881. The summed E-state index contributed by atoms with van der Waals surface area (Å²) in [7, 11) is 0. The first-order valence-electron chi connectivity index (χ1n) is 6.50. The average molecular weight is 244 g/mol. The molecule has 1 rings (SSSR count).